The minimum atomic E-state index is 0.551. The number of pyridine rings is 1. The van der Waals surface area contributed by atoms with Gasteiger partial charge in [-0.05, 0) is 42.1 Å². The van der Waals surface area contributed by atoms with Crippen LogP contribution in [-0.2, 0) is 14.1 Å². The zero-order chi connectivity index (χ0) is 23.2. The minimum absolute atomic E-state index is 0.551. The Morgan fingerprint density at radius 1 is 1.09 bits per heavy atom. The van der Waals surface area contributed by atoms with Crippen molar-refractivity contribution in [2.24, 2.45) is 19.8 Å². The molecule has 12 heteroatoms. The molecule has 0 aliphatic heterocycles. The summed E-state index contributed by atoms with van der Waals surface area (Å²) in [6.45, 7) is 0. The predicted molar refractivity (Wildman–Crippen MR) is 132 cm³/mol. The Labute approximate surface area is 201 Å². The Kier molecular flexibility index (Phi) is 4.89. The van der Waals surface area contributed by atoms with Gasteiger partial charge in [0.15, 0.2) is 5.01 Å². The van der Waals surface area contributed by atoms with Crippen molar-refractivity contribution in [1.82, 2.24) is 44.1 Å². The van der Waals surface area contributed by atoms with Crippen LogP contribution in [0.5, 0.6) is 0 Å². The monoisotopic (exact) mass is 486 g/mol. The summed E-state index contributed by atoms with van der Waals surface area (Å²) < 4.78 is 5.40. The summed E-state index contributed by atoms with van der Waals surface area (Å²) in [5, 5.41) is 19.9. The molecule has 0 radical (unpaired) electrons. The number of imidazole rings is 1. The van der Waals surface area contributed by atoms with Crippen LogP contribution in [0, 0.1) is 0 Å². The van der Waals surface area contributed by atoms with Crippen molar-refractivity contribution >= 4 is 50.7 Å². The lowest BCUT2D eigenvalue weighted by molar-refractivity contribution is 0.768. The van der Waals surface area contributed by atoms with E-state index in [1.165, 1.54) is 23.1 Å². The first-order valence-corrected chi connectivity index (χ1v) is 11.9. The van der Waals surface area contributed by atoms with Gasteiger partial charge in [-0.25, -0.2) is 4.98 Å². The molecule has 0 aliphatic rings. The van der Waals surface area contributed by atoms with Gasteiger partial charge in [-0.2, -0.15) is 14.7 Å². The number of benzene rings is 1. The van der Waals surface area contributed by atoms with Crippen LogP contribution < -0.4 is 5.73 Å². The maximum Gasteiger partial charge on any atom is 0.235 e. The van der Waals surface area contributed by atoms with E-state index in [1.54, 1.807) is 21.7 Å². The van der Waals surface area contributed by atoms with E-state index in [4.69, 9.17) is 5.73 Å². The number of aromatic nitrogens is 9. The lowest BCUT2D eigenvalue weighted by atomic mass is 10.1. The summed E-state index contributed by atoms with van der Waals surface area (Å²) in [7, 11) is 3.82. The molecule has 0 bridgehead atoms. The van der Waals surface area contributed by atoms with Crippen molar-refractivity contribution < 1.29 is 0 Å². The maximum absolute atomic E-state index is 6.29. The average Bonchev–Trinajstić information content (AvgIpc) is 3.61. The minimum Gasteiger partial charge on any atom is -0.396 e. The highest BCUT2D eigenvalue weighted by Crippen LogP contribution is 2.32. The van der Waals surface area contributed by atoms with E-state index in [2.05, 4.69) is 42.5 Å². The van der Waals surface area contributed by atoms with Crippen LogP contribution >= 0.6 is 23.1 Å². The van der Waals surface area contributed by atoms with Gasteiger partial charge in [0.25, 0.3) is 0 Å². The highest BCUT2D eigenvalue weighted by atomic mass is 32.2. The largest absolute Gasteiger partial charge is 0.396 e. The van der Waals surface area contributed by atoms with E-state index in [0.29, 0.717) is 20.8 Å². The van der Waals surface area contributed by atoms with Gasteiger partial charge < -0.3 is 10.3 Å². The highest BCUT2D eigenvalue weighted by molar-refractivity contribution is 7.99. The second kappa shape index (κ2) is 8.08. The van der Waals surface area contributed by atoms with Crippen molar-refractivity contribution in [2.45, 2.75) is 10.1 Å². The van der Waals surface area contributed by atoms with E-state index in [0.717, 1.165) is 32.6 Å². The van der Waals surface area contributed by atoms with E-state index in [1.807, 2.05) is 55.5 Å². The number of aryl methyl sites for hydroxylation is 2. The van der Waals surface area contributed by atoms with Crippen molar-refractivity contribution in [3.63, 3.8) is 0 Å². The lowest BCUT2D eigenvalue weighted by Crippen LogP contribution is -1.99. The number of nitrogens with two attached hydrogens (primary N) is 1. The Bertz CT molecular complexity index is 1690. The molecular weight excluding hydrogens is 468 g/mol. The average molecular weight is 487 g/mol. The number of nitrogens with zero attached hydrogens (tertiary/aromatic N) is 9. The van der Waals surface area contributed by atoms with E-state index in [9.17, 15) is 0 Å². The molecule has 0 saturated heterocycles. The second-order valence-electron chi connectivity index (χ2n) is 7.70. The molecule has 2 N–H and O–H groups in total. The molecule has 0 atom stereocenters. The normalized spacial score (nSPS) is 12.2. The Morgan fingerprint density at radius 2 is 2.00 bits per heavy atom. The predicted octanol–water partition coefficient (Wildman–Crippen LogP) is 3.48. The lowest BCUT2D eigenvalue weighted by Gasteiger charge is -2.04. The summed E-state index contributed by atoms with van der Waals surface area (Å²) in [5.41, 5.74) is 10.7. The third kappa shape index (κ3) is 3.72. The zero-order valence-electron chi connectivity index (χ0n) is 18.2. The fourth-order valence-electron chi connectivity index (χ4n) is 3.51. The van der Waals surface area contributed by atoms with E-state index >= 15 is 0 Å². The smallest absolute Gasteiger partial charge is 0.235 e. The Hall–Kier alpha value is -4.03. The maximum atomic E-state index is 6.29. The number of fused-ring (bicyclic) bond motifs is 2. The fraction of sp³-hybridized carbons (Fsp3) is 0.0909. The van der Waals surface area contributed by atoms with Crippen molar-refractivity contribution in [2.75, 3.05) is 0 Å². The van der Waals surface area contributed by atoms with Crippen LogP contribution in [-0.4, -0.2) is 44.1 Å². The summed E-state index contributed by atoms with van der Waals surface area (Å²) >= 11 is 2.88. The summed E-state index contributed by atoms with van der Waals surface area (Å²) in [5.74, 6) is 0. The number of hydrogen-bond acceptors (Lipinski definition) is 9. The Balaban J connectivity index is 1.31. The third-order valence-electron chi connectivity index (χ3n) is 5.27. The molecule has 5 aromatic heterocycles. The molecule has 0 saturated carbocycles. The summed E-state index contributed by atoms with van der Waals surface area (Å²) in [6.07, 6.45) is 11.0. The zero-order valence-corrected chi connectivity index (χ0v) is 19.8. The molecule has 5 heterocycles. The van der Waals surface area contributed by atoms with E-state index < -0.39 is 0 Å². The van der Waals surface area contributed by atoms with Gasteiger partial charge in [0.1, 0.15) is 0 Å². The number of hydrogen-bond donors (Lipinski definition) is 1. The molecule has 0 aliphatic carbocycles. The quantitative estimate of drug-likeness (QED) is 0.394. The molecule has 6 aromatic rings. The van der Waals surface area contributed by atoms with Crippen LogP contribution in [0.4, 0.5) is 0 Å². The highest BCUT2D eigenvalue weighted by Gasteiger charge is 2.15. The second-order valence-corrected chi connectivity index (χ2v) is 9.69. The van der Waals surface area contributed by atoms with Crippen molar-refractivity contribution in [3.8, 4) is 11.1 Å². The molecule has 6 rings (SSSR count). The van der Waals surface area contributed by atoms with Gasteiger partial charge in [-0.1, -0.05) is 11.3 Å². The van der Waals surface area contributed by atoms with Crippen molar-refractivity contribution in [3.05, 3.63) is 66.1 Å². The van der Waals surface area contributed by atoms with Gasteiger partial charge in [-0.3, -0.25) is 9.67 Å². The van der Waals surface area contributed by atoms with E-state index in [-0.39, 0.29) is 0 Å². The first kappa shape index (κ1) is 20.6. The molecule has 1 aromatic carbocycles. The van der Waals surface area contributed by atoms with Gasteiger partial charge in [-0.15, -0.1) is 10.2 Å². The topological polar surface area (TPSA) is 118 Å². The number of rotatable bonds is 5. The van der Waals surface area contributed by atoms with Gasteiger partial charge >= 0.3 is 0 Å². The van der Waals surface area contributed by atoms with Crippen LogP contribution in [0.15, 0.2) is 65.4 Å². The third-order valence-corrected chi connectivity index (χ3v) is 7.14. The molecule has 0 fully saturated rings. The standard InChI is InChI=1S/C22H18N10S2/c1-30-12-24-10-16(30)7-18(23)20-29-32-21(27-28-22(32)34-20)33-17-3-4-19-13(6-17)5-14(8-25-19)15-9-26-31(2)11-15/h3-12H,23H2,1-2H3/b18-7-. The van der Waals surface area contributed by atoms with Crippen LogP contribution in [0.2, 0.25) is 0 Å². The van der Waals surface area contributed by atoms with Gasteiger partial charge in [0.05, 0.1) is 35.6 Å². The molecule has 0 amide bonds. The van der Waals surface area contributed by atoms with Crippen LogP contribution in [0.3, 0.4) is 0 Å². The summed E-state index contributed by atoms with van der Waals surface area (Å²) in [4.78, 5) is 10.4. The first-order valence-electron chi connectivity index (χ1n) is 10.3. The Morgan fingerprint density at radius 3 is 2.79 bits per heavy atom. The fourth-order valence-corrected chi connectivity index (χ4v) is 5.17. The molecule has 0 spiro atoms. The molecule has 168 valence electrons. The molecule has 10 nitrogen and oxygen atoms in total. The molecule has 34 heavy (non-hydrogen) atoms. The van der Waals surface area contributed by atoms with Gasteiger partial charge in [0.2, 0.25) is 10.1 Å². The molecular formula is C22H18N10S2. The van der Waals surface area contributed by atoms with Crippen molar-refractivity contribution in [1.29, 1.82) is 0 Å². The van der Waals surface area contributed by atoms with Crippen LogP contribution in [0.1, 0.15) is 10.7 Å². The first-order chi connectivity index (χ1) is 16.5. The molecule has 0 unspecified atom stereocenters. The SMILES string of the molecule is Cn1cc(-c2cnc3ccc(Sc4nnc5sc(/C(N)=C/c6cncn6C)nn45)cc3c2)cn1. The van der Waals surface area contributed by atoms with Gasteiger partial charge in [0, 0.05) is 47.9 Å². The van der Waals surface area contributed by atoms with Crippen LogP contribution in [0.25, 0.3) is 38.8 Å². The summed E-state index contributed by atoms with van der Waals surface area (Å²) in [6, 6.07) is 8.24.